The molecule has 0 radical (unpaired) electrons. The summed E-state index contributed by atoms with van der Waals surface area (Å²) in [5.74, 6) is 1.40. The molecule has 166 valence electrons. The van der Waals surface area contributed by atoms with Crippen LogP contribution >= 0.6 is 24.0 Å². The van der Waals surface area contributed by atoms with E-state index in [0.717, 1.165) is 30.7 Å². The normalized spacial score (nSPS) is 17.6. The van der Waals surface area contributed by atoms with Crippen molar-refractivity contribution < 1.29 is 17.9 Å². The van der Waals surface area contributed by atoms with Crippen LogP contribution in [-0.2, 0) is 14.8 Å². The van der Waals surface area contributed by atoms with E-state index in [1.54, 1.807) is 11.4 Å². The number of sulfonamides is 1. The number of anilines is 1. The van der Waals surface area contributed by atoms with Crippen LogP contribution in [0.3, 0.4) is 0 Å². The van der Waals surface area contributed by atoms with Crippen LogP contribution in [0.15, 0.2) is 29.3 Å². The standard InChI is InChI=1S/C19H32N4O4S.HI/c1-4-20-19(21-15-17-9-6-11-23(17)28(3,24)25)22-16-8-5-10-18(14-16)27-13-7-12-26-2;/h5,8,10,14,17H,4,6-7,9,11-13,15H2,1-3H3,(H2,20,21,22);1H/t17-;/m1./s1. The average Bonchev–Trinajstić information content (AvgIpc) is 3.13. The zero-order valence-corrected chi connectivity index (χ0v) is 20.5. The molecule has 2 rings (SSSR count). The number of nitrogens with zero attached hydrogens (tertiary/aromatic N) is 2. The first-order valence-electron chi connectivity index (χ1n) is 9.68. The Labute approximate surface area is 191 Å². The molecule has 0 amide bonds. The largest absolute Gasteiger partial charge is 0.493 e. The smallest absolute Gasteiger partial charge is 0.211 e. The molecule has 0 aromatic heterocycles. The van der Waals surface area contributed by atoms with Gasteiger partial charge in [-0.25, -0.2) is 8.42 Å². The first-order chi connectivity index (χ1) is 13.4. The molecule has 1 aliphatic heterocycles. The van der Waals surface area contributed by atoms with Crippen molar-refractivity contribution in [3.8, 4) is 5.75 Å². The highest BCUT2D eigenvalue weighted by atomic mass is 127. The predicted molar refractivity (Wildman–Crippen MR) is 128 cm³/mol. The maximum absolute atomic E-state index is 11.9. The number of ether oxygens (including phenoxy) is 2. The average molecular weight is 540 g/mol. The molecule has 1 atom stereocenters. The Bertz CT molecular complexity index is 745. The van der Waals surface area contributed by atoms with Crippen molar-refractivity contribution in [2.45, 2.75) is 32.2 Å². The Balaban J connectivity index is 0.00000420. The van der Waals surface area contributed by atoms with Crippen LogP contribution < -0.4 is 15.4 Å². The van der Waals surface area contributed by atoms with E-state index >= 15 is 0 Å². The second kappa shape index (κ2) is 13.2. The van der Waals surface area contributed by atoms with Crippen LogP contribution in [0.1, 0.15) is 26.2 Å². The van der Waals surface area contributed by atoms with E-state index in [-0.39, 0.29) is 30.0 Å². The Kier molecular flexibility index (Phi) is 11.8. The number of hydrogen-bond donors (Lipinski definition) is 2. The third-order valence-electron chi connectivity index (χ3n) is 4.41. The molecule has 1 fully saturated rings. The minimum Gasteiger partial charge on any atom is -0.493 e. The molecule has 0 saturated carbocycles. The minimum absolute atomic E-state index is 0. The maximum atomic E-state index is 11.9. The molecule has 10 heteroatoms. The van der Waals surface area contributed by atoms with Crippen LogP contribution in [0.4, 0.5) is 5.69 Å². The van der Waals surface area contributed by atoms with E-state index in [0.29, 0.717) is 38.8 Å². The summed E-state index contributed by atoms with van der Waals surface area (Å²) in [7, 11) is -1.52. The molecule has 1 saturated heterocycles. The third kappa shape index (κ3) is 9.06. The van der Waals surface area contributed by atoms with Crippen LogP contribution in [0.5, 0.6) is 5.75 Å². The number of aliphatic imine (C=N–C) groups is 1. The molecule has 0 spiro atoms. The van der Waals surface area contributed by atoms with E-state index in [4.69, 9.17) is 9.47 Å². The number of rotatable bonds is 10. The summed E-state index contributed by atoms with van der Waals surface area (Å²) in [6.45, 7) is 4.96. The van der Waals surface area contributed by atoms with E-state index in [1.807, 2.05) is 31.2 Å². The van der Waals surface area contributed by atoms with E-state index in [1.165, 1.54) is 6.26 Å². The maximum Gasteiger partial charge on any atom is 0.211 e. The number of halogens is 1. The van der Waals surface area contributed by atoms with Crippen molar-refractivity contribution in [3.05, 3.63) is 24.3 Å². The number of methoxy groups -OCH3 is 1. The van der Waals surface area contributed by atoms with Gasteiger partial charge in [-0.3, -0.25) is 4.99 Å². The molecule has 2 N–H and O–H groups in total. The molecule has 1 aliphatic rings. The second-order valence-electron chi connectivity index (χ2n) is 6.74. The quantitative estimate of drug-likeness (QED) is 0.205. The fourth-order valence-corrected chi connectivity index (χ4v) is 4.30. The van der Waals surface area contributed by atoms with Gasteiger partial charge in [0, 0.05) is 51.0 Å². The lowest BCUT2D eigenvalue weighted by molar-refractivity contribution is 0.172. The molecule has 29 heavy (non-hydrogen) atoms. The van der Waals surface area contributed by atoms with E-state index in [2.05, 4.69) is 15.6 Å². The zero-order chi connectivity index (χ0) is 20.4. The SMILES string of the molecule is CCNC(=NC[C@H]1CCCN1S(C)(=O)=O)Nc1cccc(OCCCOC)c1.I. The number of benzene rings is 1. The molecule has 1 heterocycles. The van der Waals surface area contributed by atoms with Gasteiger partial charge in [-0.2, -0.15) is 4.31 Å². The highest BCUT2D eigenvalue weighted by Gasteiger charge is 2.31. The zero-order valence-electron chi connectivity index (χ0n) is 17.4. The molecule has 0 aliphatic carbocycles. The number of hydrogen-bond acceptors (Lipinski definition) is 5. The highest BCUT2D eigenvalue weighted by Crippen LogP contribution is 2.21. The highest BCUT2D eigenvalue weighted by molar-refractivity contribution is 14.0. The Morgan fingerprint density at radius 1 is 1.34 bits per heavy atom. The van der Waals surface area contributed by atoms with Gasteiger partial charge in [0.15, 0.2) is 5.96 Å². The summed E-state index contributed by atoms with van der Waals surface area (Å²) in [4.78, 5) is 4.60. The molecule has 0 unspecified atom stereocenters. The topological polar surface area (TPSA) is 92.3 Å². The van der Waals surface area contributed by atoms with E-state index in [9.17, 15) is 8.42 Å². The van der Waals surface area contributed by atoms with Gasteiger partial charge in [-0.05, 0) is 31.9 Å². The Hall–Kier alpha value is -1.11. The van der Waals surface area contributed by atoms with Gasteiger partial charge in [0.05, 0.1) is 19.4 Å². The molecular formula is C19H33IN4O4S. The van der Waals surface area contributed by atoms with Crippen LogP contribution in [0, 0.1) is 0 Å². The van der Waals surface area contributed by atoms with Crippen LogP contribution in [-0.4, -0.2) is 70.9 Å². The van der Waals surface area contributed by atoms with E-state index < -0.39 is 10.0 Å². The number of nitrogens with one attached hydrogen (secondary N) is 2. The predicted octanol–water partition coefficient (Wildman–Crippen LogP) is 2.52. The van der Waals surface area contributed by atoms with Gasteiger partial charge < -0.3 is 20.1 Å². The second-order valence-corrected chi connectivity index (χ2v) is 8.67. The van der Waals surface area contributed by atoms with Crippen LogP contribution in [0.25, 0.3) is 0 Å². The molecule has 1 aromatic carbocycles. The van der Waals surface area contributed by atoms with Crippen molar-refractivity contribution in [2.75, 3.05) is 51.5 Å². The lowest BCUT2D eigenvalue weighted by Gasteiger charge is -2.21. The lowest BCUT2D eigenvalue weighted by atomic mass is 10.2. The lowest BCUT2D eigenvalue weighted by Crippen LogP contribution is -2.38. The summed E-state index contributed by atoms with van der Waals surface area (Å²) in [5, 5.41) is 6.47. The van der Waals surface area contributed by atoms with Gasteiger partial charge >= 0.3 is 0 Å². The molecule has 1 aromatic rings. The van der Waals surface area contributed by atoms with Gasteiger partial charge in [0.25, 0.3) is 0 Å². The number of guanidine groups is 1. The monoisotopic (exact) mass is 540 g/mol. The van der Waals surface area contributed by atoms with Crippen molar-refractivity contribution in [3.63, 3.8) is 0 Å². The summed E-state index contributed by atoms with van der Waals surface area (Å²) in [6.07, 6.45) is 3.80. The fraction of sp³-hybridized carbons (Fsp3) is 0.632. The summed E-state index contributed by atoms with van der Waals surface area (Å²) in [6, 6.07) is 7.59. The fourth-order valence-electron chi connectivity index (χ4n) is 3.13. The van der Waals surface area contributed by atoms with Gasteiger partial charge in [-0.15, -0.1) is 24.0 Å². The minimum atomic E-state index is -3.19. The first-order valence-corrected chi connectivity index (χ1v) is 11.5. The molecule has 0 bridgehead atoms. The summed E-state index contributed by atoms with van der Waals surface area (Å²) >= 11 is 0. The van der Waals surface area contributed by atoms with Crippen molar-refractivity contribution >= 4 is 45.6 Å². The van der Waals surface area contributed by atoms with Gasteiger partial charge in [-0.1, -0.05) is 6.07 Å². The molecular weight excluding hydrogens is 507 g/mol. The third-order valence-corrected chi connectivity index (χ3v) is 5.74. The Morgan fingerprint density at radius 3 is 2.83 bits per heavy atom. The summed E-state index contributed by atoms with van der Waals surface area (Å²) in [5.41, 5.74) is 0.857. The van der Waals surface area contributed by atoms with Crippen molar-refractivity contribution in [1.29, 1.82) is 0 Å². The van der Waals surface area contributed by atoms with Gasteiger partial charge in [0.1, 0.15) is 5.75 Å². The van der Waals surface area contributed by atoms with Gasteiger partial charge in [0.2, 0.25) is 10.0 Å². The Morgan fingerprint density at radius 2 is 2.14 bits per heavy atom. The molecule has 8 nitrogen and oxygen atoms in total. The summed E-state index contributed by atoms with van der Waals surface area (Å²) < 4.78 is 36.1. The first kappa shape index (κ1) is 25.9. The van der Waals surface area contributed by atoms with Crippen molar-refractivity contribution in [1.82, 2.24) is 9.62 Å². The van der Waals surface area contributed by atoms with Crippen LogP contribution in [0.2, 0.25) is 0 Å². The van der Waals surface area contributed by atoms with Crippen molar-refractivity contribution in [2.24, 2.45) is 4.99 Å².